The van der Waals surface area contributed by atoms with Gasteiger partial charge < -0.3 is 10.4 Å². The normalized spacial score (nSPS) is 40.3. The van der Waals surface area contributed by atoms with Crippen LogP contribution in [0.25, 0.3) is 0 Å². The molecule has 1 saturated heterocycles. The van der Waals surface area contributed by atoms with Gasteiger partial charge in [0.1, 0.15) is 0 Å². The quantitative estimate of drug-likeness (QED) is 0.768. The second-order valence-electron chi connectivity index (χ2n) is 6.20. The van der Waals surface area contributed by atoms with Gasteiger partial charge in [-0.1, -0.05) is 26.7 Å². The number of aliphatic hydroxyl groups is 1. The topological polar surface area (TPSA) is 66.4 Å². The van der Waals surface area contributed by atoms with Crippen molar-refractivity contribution >= 4 is 9.84 Å². The molecule has 1 aliphatic heterocycles. The van der Waals surface area contributed by atoms with Gasteiger partial charge in [0.15, 0.2) is 9.84 Å². The number of hydrogen-bond acceptors (Lipinski definition) is 4. The van der Waals surface area contributed by atoms with Crippen molar-refractivity contribution in [2.45, 2.75) is 57.7 Å². The van der Waals surface area contributed by atoms with E-state index in [4.69, 9.17) is 0 Å². The van der Waals surface area contributed by atoms with Crippen molar-refractivity contribution in [2.75, 3.05) is 11.5 Å². The van der Waals surface area contributed by atoms with Crippen molar-refractivity contribution in [1.82, 2.24) is 5.32 Å². The van der Waals surface area contributed by atoms with E-state index in [-0.39, 0.29) is 23.0 Å². The first kappa shape index (κ1) is 13.3. The summed E-state index contributed by atoms with van der Waals surface area (Å²) in [6, 6.07) is 0.0478. The van der Waals surface area contributed by atoms with Crippen LogP contribution < -0.4 is 5.32 Å². The van der Waals surface area contributed by atoms with E-state index in [1.54, 1.807) is 0 Å². The van der Waals surface area contributed by atoms with E-state index in [9.17, 15) is 13.5 Å². The summed E-state index contributed by atoms with van der Waals surface area (Å²) in [5.74, 6) is -0.00143. The first-order chi connectivity index (χ1) is 7.80. The van der Waals surface area contributed by atoms with Gasteiger partial charge in [-0.15, -0.1) is 0 Å². The van der Waals surface area contributed by atoms with Crippen molar-refractivity contribution in [3.63, 3.8) is 0 Å². The largest absolute Gasteiger partial charge is 0.390 e. The molecule has 0 amide bonds. The minimum atomic E-state index is -3.05. The monoisotopic (exact) mass is 261 g/mol. The Morgan fingerprint density at radius 1 is 1.24 bits per heavy atom. The molecule has 0 radical (unpaired) electrons. The first-order valence-electron chi connectivity index (χ1n) is 6.45. The molecule has 1 heterocycles. The molecule has 4 nitrogen and oxygen atoms in total. The summed E-state index contributed by atoms with van der Waals surface area (Å²) in [5.41, 5.74) is 0.199. The lowest BCUT2D eigenvalue weighted by Gasteiger charge is -2.41. The van der Waals surface area contributed by atoms with Gasteiger partial charge in [-0.2, -0.15) is 0 Å². The summed E-state index contributed by atoms with van der Waals surface area (Å²) in [7, 11) is -3.05. The van der Waals surface area contributed by atoms with Gasteiger partial charge in [0.2, 0.25) is 0 Å². The molecule has 0 aromatic rings. The van der Waals surface area contributed by atoms with Gasteiger partial charge >= 0.3 is 0 Å². The Labute approximate surface area is 104 Å². The zero-order valence-corrected chi connectivity index (χ0v) is 11.5. The van der Waals surface area contributed by atoms with Crippen molar-refractivity contribution in [1.29, 1.82) is 0 Å². The van der Waals surface area contributed by atoms with Crippen LogP contribution in [0.15, 0.2) is 0 Å². The minimum Gasteiger partial charge on any atom is -0.390 e. The van der Waals surface area contributed by atoms with Crippen molar-refractivity contribution in [2.24, 2.45) is 5.41 Å². The third-order valence-corrected chi connectivity index (χ3v) is 5.96. The van der Waals surface area contributed by atoms with Crippen LogP contribution in [0.2, 0.25) is 0 Å². The van der Waals surface area contributed by atoms with Gasteiger partial charge in [0.05, 0.1) is 17.6 Å². The molecule has 2 fully saturated rings. The Bertz CT molecular complexity index is 377. The number of nitrogens with one attached hydrogen (secondary N) is 1. The van der Waals surface area contributed by atoms with Gasteiger partial charge in [-0.25, -0.2) is 8.42 Å². The second kappa shape index (κ2) is 4.52. The van der Waals surface area contributed by atoms with Crippen molar-refractivity contribution < 1.29 is 13.5 Å². The van der Waals surface area contributed by atoms with Gasteiger partial charge in [0, 0.05) is 12.1 Å². The standard InChI is InChI=1S/C12H23NO3S/c1-12(2)6-4-3-5-11(12)13-9-7-17(15,16)8-10(9)14/h9-11,13-14H,3-8H2,1-2H3. The Hall–Kier alpha value is -0.130. The van der Waals surface area contributed by atoms with Crippen LogP contribution in [-0.4, -0.2) is 43.2 Å². The molecule has 0 aromatic carbocycles. The minimum absolute atomic E-state index is 0.0841. The summed E-state index contributed by atoms with van der Waals surface area (Å²) in [5, 5.41) is 13.2. The SMILES string of the molecule is CC1(C)CCCCC1NC1CS(=O)(=O)CC1O. The molecule has 5 heteroatoms. The molecule has 1 aliphatic carbocycles. The zero-order valence-electron chi connectivity index (χ0n) is 10.6. The van der Waals surface area contributed by atoms with Crippen LogP contribution in [0.4, 0.5) is 0 Å². The molecule has 0 bridgehead atoms. The van der Waals surface area contributed by atoms with E-state index in [0.717, 1.165) is 6.42 Å². The van der Waals surface area contributed by atoms with Gasteiger partial charge in [-0.05, 0) is 18.3 Å². The van der Waals surface area contributed by atoms with Crippen molar-refractivity contribution in [3.8, 4) is 0 Å². The summed E-state index contributed by atoms with van der Waals surface area (Å²) in [6.45, 7) is 4.44. The molecule has 17 heavy (non-hydrogen) atoms. The van der Waals surface area contributed by atoms with E-state index in [1.165, 1.54) is 19.3 Å². The lowest BCUT2D eigenvalue weighted by molar-refractivity contribution is 0.112. The van der Waals surface area contributed by atoms with E-state index in [1.807, 2.05) is 0 Å². The molecule has 0 spiro atoms. The highest BCUT2D eigenvalue weighted by Crippen LogP contribution is 2.36. The fourth-order valence-corrected chi connectivity index (χ4v) is 4.80. The van der Waals surface area contributed by atoms with Crippen LogP contribution in [0.3, 0.4) is 0 Å². The smallest absolute Gasteiger partial charge is 0.154 e. The third-order valence-electron chi connectivity index (χ3n) is 4.25. The van der Waals surface area contributed by atoms with Crippen LogP contribution in [0.1, 0.15) is 39.5 Å². The maximum Gasteiger partial charge on any atom is 0.154 e. The van der Waals surface area contributed by atoms with Crippen LogP contribution in [-0.2, 0) is 9.84 Å². The third kappa shape index (κ3) is 3.01. The van der Waals surface area contributed by atoms with Crippen LogP contribution >= 0.6 is 0 Å². The molecule has 100 valence electrons. The molecule has 0 aromatic heterocycles. The fourth-order valence-electron chi connectivity index (χ4n) is 3.05. The Morgan fingerprint density at radius 3 is 2.47 bits per heavy atom. The Kier molecular flexibility index (Phi) is 3.54. The van der Waals surface area contributed by atoms with Crippen molar-refractivity contribution in [3.05, 3.63) is 0 Å². The summed E-state index contributed by atoms with van der Waals surface area (Å²) < 4.78 is 22.9. The molecular formula is C12H23NO3S. The summed E-state index contributed by atoms with van der Waals surface area (Å²) in [6.07, 6.45) is 3.95. The van der Waals surface area contributed by atoms with Gasteiger partial charge in [0.25, 0.3) is 0 Å². The molecule has 2 aliphatic rings. The average molecular weight is 261 g/mol. The van der Waals surface area contributed by atoms with Gasteiger partial charge in [-0.3, -0.25) is 0 Å². The number of hydrogen-bond donors (Lipinski definition) is 2. The molecule has 3 unspecified atom stereocenters. The van der Waals surface area contributed by atoms with Crippen LogP contribution in [0, 0.1) is 5.41 Å². The highest BCUT2D eigenvalue weighted by atomic mass is 32.2. The number of aliphatic hydroxyl groups excluding tert-OH is 1. The maximum absolute atomic E-state index is 11.5. The summed E-state index contributed by atoms with van der Waals surface area (Å²) in [4.78, 5) is 0. The Balaban J connectivity index is 2.01. The maximum atomic E-state index is 11.5. The molecule has 3 atom stereocenters. The van der Waals surface area contributed by atoms with E-state index in [0.29, 0.717) is 6.04 Å². The number of sulfone groups is 1. The lowest BCUT2D eigenvalue weighted by atomic mass is 9.73. The fraction of sp³-hybridized carbons (Fsp3) is 1.00. The zero-order chi connectivity index (χ0) is 12.7. The molecular weight excluding hydrogens is 238 g/mol. The Morgan fingerprint density at radius 2 is 1.94 bits per heavy atom. The lowest BCUT2D eigenvalue weighted by Crippen LogP contribution is -2.52. The van der Waals surface area contributed by atoms with Crippen LogP contribution in [0.5, 0.6) is 0 Å². The van der Waals surface area contributed by atoms with E-state index < -0.39 is 15.9 Å². The summed E-state index contributed by atoms with van der Waals surface area (Å²) >= 11 is 0. The predicted octanol–water partition coefficient (Wildman–Crippen LogP) is 0.703. The highest BCUT2D eigenvalue weighted by molar-refractivity contribution is 7.91. The van der Waals surface area contributed by atoms with E-state index >= 15 is 0 Å². The predicted molar refractivity (Wildman–Crippen MR) is 67.6 cm³/mol. The first-order valence-corrected chi connectivity index (χ1v) is 8.27. The molecule has 2 rings (SSSR count). The highest BCUT2D eigenvalue weighted by Gasteiger charge is 2.40. The molecule has 2 N–H and O–H groups in total. The van der Waals surface area contributed by atoms with E-state index in [2.05, 4.69) is 19.2 Å². The average Bonchev–Trinajstić information content (AvgIpc) is 2.43. The number of rotatable bonds is 2. The second-order valence-corrected chi connectivity index (χ2v) is 8.36. The molecule has 1 saturated carbocycles.